The number of carboxylic acids is 1. The Morgan fingerprint density at radius 1 is 1.03 bits per heavy atom. The summed E-state index contributed by atoms with van der Waals surface area (Å²) < 4.78 is 5.35. The largest absolute Gasteiger partial charge is 0.481 e. The molecule has 1 aliphatic heterocycles. The van der Waals surface area contributed by atoms with E-state index in [1.807, 2.05) is 29.2 Å². The number of aliphatic carboxylic acids is 1. The minimum Gasteiger partial charge on any atom is -0.481 e. The lowest BCUT2D eigenvalue weighted by Crippen LogP contribution is -2.50. The highest BCUT2D eigenvalue weighted by molar-refractivity contribution is 7.19. The molecule has 0 radical (unpaired) electrons. The molecule has 144 valence electrons. The SMILES string of the molecule is O=C(O)C1CN(c2nc(-c3ccc(-c4cnco4)cc3)c(-c3cncnc3)s2)C1. The van der Waals surface area contributed by atoms with Gasteiger partial charge in [-0.1, -0.05) is 35.6 Å². The Hall–Kier alpha value is -3.59. The molecular weight excluding hydrogens is 390 g/mol. The van der Waals surface area contributed by atoms with Crippen molar-refractivity contribution in [2.45, 2.75) is 0 Å². The molecule has 1 N–H and O–H groups in total. The van der Waals surface area contributed by atoms with E-state index in [4.69, 9.17) is 14.5 Å². The van der Waals surface area contributed by atoms with Gasteiger partial charge in [0, 0.05) is 42.2 Å². The van der Waals surface area contributed by atoms with Gasteiger partial charge in [0.25, 0.3) is 0 Å². The Balaban J connectivity index is 1.52. The summed E-state index contributed by atoms with van der Waals surface area (Å²) in [5.41, 5.74) is 3.58. The number of rotatable bonds is 5. The van der Waals surface area contributed by atoms with Gasteiger partial charge in [0.05, 0.1) is 22.7 Å². The second kappa shape index (κ2) is 7.10. The summed E-state index contributed by atoms with van der Waals surface area (Å²) in [6.07, 6.45) is 8.08. The van der Waals surface area contributed by atoms with Crippen molar-refractivity contribution in [3.05, 3.63) is 55.6 Å². The van der Waals surface area contributed by atoms with Crippen molar-refractivity contribution in [2.75, 3.05) is 18.0 Å². The van der Waals surface area contributed by atoms with Gasteiger partial charge in [-0.3, -0.25) is 4.79 Å². The first-order valence-electron chi connectivity index (χ1n) is 8.92. The topological polar surface area (TPSA) is 105 Å². The van der Waals surface area contributed by atoms with Crippen molar-refractivity contribution in [1.82, 2.24) is 19.9 Å². The molecular formula is C20H15N5O3S. The quantitative estimate of drug-likeness (QED) is 0.538. The van der Waals surface area contributed by atoms with Gasteiger partial charge in [0.1, 0.15) is 6.33 Å². The molecule has 1 aliphatic rings. The van der Waals surface area contributed by atoms with Gasteiger partial charge in [-0.2, -0.15) is 0 Å². The first-order chi connectivity index (χ1) is 14.2. The van der Waals surface area contributed by atoms with Crippen LogP contribution in [0.15, 0.2) is 60.0 Å². The molecule has 9 heteroatoms. The smallest absolute Gasteiger partial charge is 0.310 e. The normalized spacial score (nSPS) is 14.0. The van der Waals surface area contributed by atoms with Crippen LogP contribution in [0.25, 0.3) is 33.0 Å². The van der Waals surface area contributed by atoms with Gasteiger partial charge in [0.2, 0.25) is 0 Å². The second-order valence-corrected chi connectivity index (χ2v) is 7.66. The van der Waals surface area contributed by atoms with Crippen LogP contribution in [0, 0.1) is 5.92 Å². The van der Waals surface area contributed by atoms with Gasteiger partial charge in [0.15, 0.2) is 17.3 Å². The molecule has 4 heterocycles. The van der Waals surface area contributed by atoms with Crippen molar-refractivity contribution in [3.63, 3.8) is 0 Å². The molecule has 4 aromatic rings. The third-order valence-corrected chi connectivity index (χ3v) is 5.98. The fourth-order valence-corrected chi connectivity index (χ4v) is 4.27. The molecule has 0 aliphatic carbocycles. The summed E-state index contributed by atoms with van der Waals surface area (Å²) in [5.74, 6) is -0.405. The van der Waals surface area contributed by atoms with Crippen LogP contribution in [-0.2, 0) is 4.79 Å². The molecule has 0 unspecified atom stereocenters. The number of hydrogen-bond acceptors (Lipinski definition) is 8. The summed E-state index contributed by atoms with van der Waals surface area (Å²) in [6, 6.07) is 7.90. The van der Waals surface area contributed by atoms with E-state index in [0.29, 0.717) is 18.8 Å². The van der Waals surface area contributed by atoms with Crippen molar-refractivity contribution < 1.29 is 14.3 Å². The first kappa shape index (κ1) is 17.5. The lowest BCUT2D eigenvalue weighted by atomic mass is 10.0. The van der Waals surface area contributed by atoms with E-state index >= 15 is 0 Å². The molecule has 1 fully saturated rings. The highest BCUT2D eigenvalue weighted by atomic mass is 32.1. The molecule has 5 rings (SSSR count). The Morgan fingerprint density at radius 2 is 1.76 bits per heavy atom. The van der Waals surface area contributed by atoms with E-state index in [9.17, 15) is 4.79 Å². The second-order valence-electron chi connectivity index (χ2n) is 6.68. The number of thiazole rings is 1. The average molecular weight is 405 g/mol. The molecule has 1 aromatic carbocycles. The van der Waals surface area contributed by atoms with Crippen LogP contribution in [-0.4, -0.2) is 44.1 Å². The minimum atomic E-state index is -0.766. The van der Waals surface area contributed by atoms with Gasteiger partial charge in [-0.15, -0.1) is 0 Å². The van der Waals surface area contributed by atoms with Crippen molar-refractivity contribution >= 4 is 22.4 Å². The van der Waals surface area contributed by atoms with Crippen LogP contribution in [0.5, 0.6) is 0 Å². The first-order valence-corrected chi connectivity index (χ1v) is 9.74. The number of carboxylic acid groups (broad SMARTS) is 1. The summed E-state index contributed by atoms with van der Waals surface area (Å²) in [6.45, 7) is 0.939. The van der Waals surface area contributed by atoms with Crippen LogP contribution in [0.1, 0.15) is 0 Å². The lowest BCUT2D eigenvalue weighted by molar-refractivity contribution is -0.142. The average Bonchev–Trinajstić information content (AvgIpc) is 3.38. The predicted molar refractivity (Wildman–Crippen MR) is 107 cm³/mol. The van der Waals surface area contributed by atoms with Crippen LogP contribution < -0.4 is 4.90 Å². The third-order valence-electron chi connectivity index (χ3n) is 4.82. The Labute approximate surface area is 169 Å². The number of nitrogens with zero attached hydrogens (tertiary/aromatic N) is 5. The summed E-state index contributed by atoms with van der Waals surface area (Å²) >= 11 is 1.52. The Bertz CT molecular complexity index is 1140. The maximum atomic E-state index is 11.1. The third kappa shape index (κ3) is 3.25. The number of oxazole rings is 1. The zero-order valence-corrected chi connectivity index (χ0v) is 15.9. The van der Waals surface area contributed by atoms with Gasteiger partial charge < -0.3 is 14.4 Å². The van der Waals surface area contributed by atoms with Crippen molar-refractivity contribution in [3.8, 4) is 33.0 Å². The van der Waals surface area contributed by atoms with Crippen molar-refractivity contribution in [2.24, 2.45) is 5.92 Å². The van der Waals surface area contributed by atoms with E-state index in [2.05, 4.69) is 15.0 Å². The standard InChI is InChI=1S/C20H15N5O3S/c26-19(27)15-8-25(9-15)20-24-17(18(29-20)14-5-21-10-22-6-14)13-3-1-12(2-4-13)16-7-23-11-28-16/h1-7,10-11,15H,8-9H2,(H,26,27). The van der Waals surface area contributed by atoms with E-state index < -0.39 is 5.97 Å². The highest BCUT2D eigenvalue weighted by Gasteiger charge is 2.35. The summed E-state index contributed by atoms with van der Waals surface area (Å²) in [4.78, 5) is 31.1. The Morgan fingerprint density at radius 3 is 2.41 bits per heavy atom. The Kier molecular flexibility index (Phi) is 4.28. The zero-order chi connectivity index (χ0) is 19.8. The molecule has 3 aromatic heterocycles. The molecule has 0 bridgehead atoms. The predicted octanol–water partition coefficient (Wildman–Crippen LogP) is 3.44. The molecule has 1 saturated heterocycles. The number of carbonyl (C=O) groups is 1. The lowest BCUT2D eigenvalue weighted by Gasteiger charge is -2.36. The maximum Gasteiger partial charge on any atom is 0.310 e. The van der Waals surface area contributed by atoms with Gasteiger partial charge in [-0.25, -0.2) is 19.9 Å². The van der Waals surface area contributed by atoms with Crippen LogP contribution in [0.2, 0.25) is 0 Å². The van der Waals surface area contributed by atoms with Crippen LogP contribution in [0.4, 0.5) is 5.13 Å². The van der Waals surface area contributed by atoms with Gasteiger partial charge >= 0.3 is 5.97 Å². The fraction of sp³-hybridized carbons (Fsp3) is 0.150. The number of benzene rings is 1. The molecule has 0 spiro atoms. The van der Waals surface area contributed by atoms with E-state index in [1.54, 1.807) is 18.6 Å². The number of aromatic nitrogens is 4. The zero-order valence-electron chi connectivity index (χ0n) is 15.1. The number of hydrogen-bond donors (Lipinski definition) is 1. The molecule has 0 saturated carbocycles. The van der Waals surface area contributed by atoms with Crippen molar-refractivity contribution in [1.29, 1.82) is 0 Å². The van der Waals surface area contributed by atoms with Crippen LogP contribution in [0.3, 0.4) is 0 Å². The maximum absolute atomic E-state index is 11.1. The van der Waals surface area contributed by atoms with E-state index in [1.165, 1.54) is 24.1 Å². The highest BCUT2D eigenvalue weighted by Crippen LogP contribution is 2.41. The van der Waals surface area contributed by atoms with Crippen LogP contribution >= 0.6 is 11.3 Å². The summed E-state index contributed by atoms with van der Waals surface area (Å²) in [5, 5.41) is 9.95. The molecule has 0 atom stereocenters. The monoisotopic (exact) mass is 405 g/mol. The molecule has 8 nitrogen and oxygen atoms in total. The fourth-order valence-electron chi connectivity index (χ4n) is 3.19. The van der Waals surface area contributed by atoms with E-state index in [-0.39, 0.29) is 5.92 Å². The molecule has 29 heavy (non-hydrogen) atoms. The summed E-state index contributed by atoms with van der Waals surface area (Å²) in [7, 11) is 0. The molecule has 0 amide bonds. The van der Waals surface area contributed by atoms with E-state index in [0.717, 1.165) is 32.4 Å². The number of anilines is 1. The minimum absolute atomic E-state index is 0.341. The van der Waals surface area contributed by atoms with Gasteiger partial charge in [-0.05, 0) is 0 Å².